The van der Waals surface area contributed by atoms with Crippen LogP contribution in [0.15, 0.2) is 108 Å². The van der Waals surface area contributed by atoms with E-state index >= 15 is 0 Å². The highest BCUT2D eigenvalue weighted by Gasteiger charge is 2.56. The van der Waals surface area contributed by atoms with Crippen LogP contribution in [0.1, 0.15) is 52.0 Å². The van der Waals surface area contributed by atoms with E-state index in [4.69, 9.17) is 4.74 Å². The van der Waals surface area contributed by atoms with E-state index in [0.29, 0.717) is 5.56 Å². The zero-order valence-electron chi connectivity index (χ0n) is 25.9. The molecule has 0 saturated carbocycles. The molecule has 0 fully saturated rings. The van der Waals surface area contributed by atoms with E-state index in [9.17, 15) is 4.79 Å². The molecule has 220 valence electrons. The molecule has 4 nitrogen and oxygen atoms in total. The number of nitrogens with zero attached hydrogens (tertiary/aromatic N) is 2. The fraction of sp³-hybridized carbons (Fsp3) is 0.205. The molecule has 1 heterocycles. The van der Waals surface area contributed by atoms with Crippen LogP contribution < -0.4 is 9.80 Å². The molecule has 1 spiro atoms. The number of carbonyl (C=O) groups is 1. The van der Waals surface area contributed by atoms with Crippen molar-refractivity contribution in [3.63, 3.8) is 0 Å². The minimum Gasteiger partial charge on any atom is -0.441 e. The van der Waals surface area contributed by atoms with Crippen molar-refractivity contribution >= 4 is 33.3 Å². The highest BCUT2D eigenvalue weighted by molar-refractivity contribution is 9.10. The number of carbonyl (C=O) groups excluding carboxylic acids is 1. The number of hydrogen-bond donors (Lipinski definition) is 0. The van der Waals surface area contributed by atoms with Crippen molar-refractivity contribution in [2.45, 2.75) is 24.9 Å². The van der Waals surface area contributed by atoms with E-state index in [-0.39, 0.29) is 11.4 Å². The summed E-state index contributed by atoms with van der Waals surface area (Å²) in [5, 5.41) is 0. The third-order valence-electron chi connectivity index (χ3n) is 9.34. The molecule has 5 aromatic carbocycles. The van der Waals surface area contributed by atoms with Gasteiger partial charge in [-0.25, -0.2) is 4.79 Å². The first-order valence-electron chi connectivity index (χ1n) is 14.9. The zero-order chi connectivity index (χ0) is 31.0. The van der Waals surface area contributed by atoms with E-state index in [1.54, 1.807) is 0 Å². The molecule has 1 aliphatic carbocycles. The van der Waals surface area contributed by atoms with Crippen molar-refractivity contribution in [1.82, 2.24) is 0 Å². The lowest BCUT2D eigenvalue weighted by molar-refractivity contribution is 0.0232. The van der Waals surface area contributed by atoms with Gasteiger partial charge in [-0.3, -0.25) is 0 Å². The van der Waals surface area contributed by atoms with Gasteiger partial charge in [0.25, 0.3) is 0 Å². The average Bonchev–Trinajstić information content (AvgIpc) is 3.31. The number of fused-ring (bicyclic) bond motifs is 6. The van der Waals surface area contributed by atoms with E-state index in [1.807, 2.05) is 24.3 Å². The Balaban J connectivity index is 1.65. The molecule has 5 aromatic rings. The Kier molecular flexibility index (Phi) is 6.52. The van der Waals surface area contributed by atoms with Crippen molar-refractivity contribution in [2.75, 3.05) is 38.0 Å². The number of ether oxygens (including phenoxy) is 1. The van der Waals surface area contributed by atoms with Gasteiger partial charge in [-0.15, -0.1) is 0 Å². The number of esters is 1. The van der Waals surface area contributed by atoms with E-state index in [2.05, 4.69) is 147 Å². The van der Waals surface area contributed by atoms with Gasteiger partial charge in [0.05, 0.1) is 5.56 Å². The van der Waals surface area contributed by atoms with E-state index in [0.717, 1.165) is 65.9 Å². The number of hydrogen-bond acceptors (Lipinski definition) is 4. The molecular formula is C39H35BrN2O2. The van der Waals surface area contributed by atoms with Gasteiger partial charge >= 0.3 is 5.97 Å². The molecule has 1 aliphatic heterocycles. The van der Waals surface area contributed by atoms with Crippen LogP contribution >= 0.6 is 15.9 Å². The minimum atomic E-state index is -1.12. The first-order valence-corrected chi connectivity index (χ1v) is 15.7. The SMILES string of the molecule is CN(C)c1cc2c(cc1-c1ccccc1)C1(OC(=O)c3cc(Br)ccc31)c1cc(-c3ccccc3)c(N(C)C)cc1C2(C)C. The smallest absolute Gasteiger partial charge is 0.340 e. The molecule has 7 rings (SSSR count). The fourth-order valence-electron chi connectivity index (χ4n) is 7.16. The Morgan fingerprint density at radius 3 is 1.50 bits per heavy atom. The van der Waals surface area contributed by atoms with Crippen LogP contribution in [0.3, 0.4) is 0 Å². The van der Waals surface area contributed by atoms with Gasteiger partial charge in [0.2, 0.25) is 0 Å². The van der Waals surface area contributed by atoms with Crippen LogP contribution in [0.5, 0.6) is 0 Å². The second-order valence-corrected chi connectivity index (χ2v) is 13.7. The van der Waals surface area contributed by atoms with Crippen LogP contribution in [-0.4, -0.2) is 34.2 Å². The van der Waals surface area contributed by atoms with Crippen LogP contribution in [0, 0.1) is 0 Å². The number of anilines is 2. The summed E-state index contributed by atoms with van der Waals surface area (Å²) in [4.78, 5) is 18.2. The predicted octanol–water partition coefficient (Wildman–Crippen LogP) is 9.02. The lowest BCUT2D eigenvalue weighted by Crippen LogP contribution is -2.42. The van der Waals surface area contributed by atoms with Gasteiger partial charge in [-0.1, -0.05) is 96.5 Å². The van der Waals surface area contributed by atoms with Crippen molar-refractivity contribution in [2.24, 2.45) is 0 Å². The molecular weight excluding hydrogens is 608 g/mol. The summed E-state index contributed by atoms with van der Waals surface area (Å²) in [5.41, 5.74) is 10.9. The second kappa shape index (κ2) is 10.1. The monoisotopic (exact) mass is 642 g/mol. The van der Waals surface area contributed by atoms with Gasteiger partial charge in [-0.2, -0.15) is 0 Å². The molecule has 0 N–H and O–H groups in total. The fourth-order valence-corrected chi connectivity index (χ4v) is 7.52. The Hall–Kier alpha value is -4.35. The average molecular weight is 644 g/mol. The van der Waals surface area contributed by atoms with E-state index in [1.165, 1.54) is 0 Å². The second-order valence-electron chi connectivity index (χ2n) is 12.7. The summed E-state index contributed by atoms with van der Waals surface area (Å²) in [7, 11) is 8.36. The maximum atomic E-state index is 13.9. The Bertz CT molecular complexity index is 1840. The van der Waals surface area contributed by atoms with Crippen molar-refractivity contribution in [3.05, 3.63) is 141 Å². The molecule has 2 aliphatic rings. The topological polar surface area (TPSA) is 32.8 Å². The number of halogens is 1. The molecule has 0 amide bonds. The minimum absolute atomic E-state index is 0.311. The van der Waals surface area contributed by atoms with Crippen molar-refractivity contribution in [1.29, 1.82) is 0 Å². The third-order valence-corrected chi connectivity index (χ3v) is 9.83. The molecule has 44 heavy (non-hydrogen) atoms. The molecule has 0 atom stereocenters. The van der Waals surface area contributed by atoms with Crippen LogP contribution in [0.4, 0.5) is 11.4 Å². The predicted molar refractivity (Wildman–Crippen MR) is 184 cm³/mol. The molecule has 0 radical (unpaired) electrons. The molecule has 0 aromatic heterocycles. The van der Waals surface area contributed by atoms with Gasteiger partial charge in [0, 0.05) is 77.3 Å². The van der Waals surface area contributed by atoms with Gasteiger partial charge < -0.3 is 14.5 Å². The Morgan fingerprint density at radius 1 is 0.568 bits per heavy atom. The summed E-state index contributed by atoms with van der Waals surface area (Å²) >= 11 is 3.60. The number of rotatable bonds is 4. The first-order chi connectivity index (χ1) is 21.0. The third kappa shape index (κ3) is 4.06. The quantitative estimate of drug-likeness (QED) is 0.183. The lowest BCUT2D eigenvalue weighted by atomic mass is 9.60. The molecule has 0 saturated heterocycles. The Labute approximate surface area is 268 Å². The summed E-state index contributed by atoms with van der Waals surface area (Å²) in [6, 6.07) is 36.1. The van der Waals surface area contributed by atoms with Crippen LogP contribution in [-0.2, 0) is 15.8 Å². The highest BCUT2D eigenvalue weighted by Crippen LogP contribution is 2.59. The summed E-state index contributed by atoms with van der Waals surface area (Å²) in [6.45, 7) is 4.58. The zero-order valence-corrected chi connectivity index (χ0v) is 27.5. The number of benzene rings is 5. The standard InChI is InChI=1S/C39H35BrN2O2/c1-38(2)31-22-35(41(3)4)27(24-13-9-7-10-14-24)20-33(31)39(30-18-17-26(40)19-29(30)37(43)44-39)34-21-28(25-15-11-8-12-16-25)36(42(5)6)23-32(34)38/h7-23H,1-6H3. The van der Waals surface area contributed by atoms with Gasteiger partial charge in [-0.05, 0) is 58.7 Å². The summed E-state index contributed by atoms with van der Waals surface area (Å²) in [5.74, 6) is -0.311. The molecule has 5 heteroatoms. The maximum absolute atomic E-state index is 13.9. The van der Waals surface area contributed by atoms with Gasteiger partial charge in [0.1, 0.15) is 0 Å². The molecule has 0 unspecified atom stereocenters. The van der Waals surface area contributed by atoms with Crippen LogP contribution in [0.2, 0.25) is 0 Å². The van der Waals surface area contributed by atoms with Crippen LogP contribution in [0.25, 0.3) is 22.3 Å². The molecule has 0 bridgehead atoms. The maximum Gasteiger partial charge on any atom is 0.340 e. The van der Waals surface area contributed by atoms with Gasteiger partial charge in [0.15, 0.2) is 5.60 Å². The normalized spacial score (nSPS) is 15.3. The van der Waals surface area contributed by atoms with Crippen molar-refractivity contribution in [3.8, 4) is 22.3 Å². The Morgan fingerprint density at radius 2 is 1.05 bits per heavy atom. The van der Waals surface area contributed by atoms with Crippen molar-refractivity contribution < 1.29 is 9.53 Å². The summed E-state index contributed by atoms with van der Waals surface area (Å²) < 4.78 is 7.61. The largest absolute Gasteiger partial charge is 0.441 e. The first kappa shape index (κ1) is 28.4. The lowest BCUT2D eigenvalue weighted by Gasteiger charge is -2.46. The van der Waals surface area contributed by atoms with E-state index < -0.39 is 5.60 Å². The summed E-state index contributed by atoms with van der Waals surface area (Å²) in [6.07, 6.45) is 0. The highest BCUT2D eigenvalue weighted by atomic mass is 79.9.